The van der Waals surface area contributed by atoms with Gasteiger partial charge < -0.3 is 16.0 Å². The number of thiol groups is 1. The number of rotatable bonds is 6. The minimum absolute atomic E-state index is 0.174. The summed E-state index contributed by atoms with van der Waals surface area (Å²) in [5.41, 5.74) is 1.52. The first-order chi connectivity index (χ1) is 16.8. The highest BCUT2D eigenvalue weighted by molar-refractivity contribution is 8.22. The fourth-order valence-electron chi connectivity index (χ4n) is 3.27. The lowest BCUT2D eigenvalue weighted by Gasteiger charge is -2.13. The highest BCUT2D eigenvalue weighted by atomic mass is 32.2. The number of alkyl halides is 3. The molecule has 1 unspecified atom stereocenters. The smallest absolute Gasteiger partial charge is 0.347 e. The van der Waals surface area contributed by atoms with E-state index in [2.05, 4.69) is 20.9 Å². The van der Waals surface area contributed by atoms with Crippen LogP contribution in [0.25, 0.3) is 0 Å². The van der Waals surface area contributed by atoms with Crippen LogP contribution in [0.5, 0.6) is 0 Å². The van der Waals surface area contributed by atoms with Crippen molar-refractivity contribution >= 4 is 39.8 Å². The molecule has 1 atom stereocenters. The number of anilines is 1. The number of halogens is 3. The Hall–Kier alpha value is -3.63. The number of nitrogens with zero attached hydrogens (tertiary/aromatic N) is 1. The van der Waals surface area contributed by atoms with Crippen molar-refractivity contribution in [2.24, 2.45) is 0 Å². The maximum absolute atomic E-state index is 12.9. The number of carbonyl (C=O) groups excluding carboxylic acids is 1. The van der Waals surface area contributed by atoms with Gasteiger partial charge in [0.1, 0.15) is 5.69 Å². The summed E-state index contributed by atoms with van der Waals surface area (Å²) in [4.78, 5) is 17.7. The molecule has 0 spiro atoms. The molecule has 0 bridgehead atoms. The number of allylic oxidation sites excluding steroid dienone is 1. The average molecular weight is 515 g/mol. The lowest BCUT2D eigenvalue weighted by molar-refractivity contribution is -0.137. The summed E-state index contributed by atoms with van der Waals surface area (Å²) in [6.07, 6.45) is -0.982. The van der Waals surface area contributed by atoms with Crippen molar-refractivity contribution in [3.63, 3.8) is 0 Å². The number of aromatic nitrogens is 1. The first kappa shape index (κ1) is 24.5. The summed E-state index contributed by atoms with van der Waals surface area (Å²) in [5.74, 6) is -0.261. The van der Waals surface area contributed by atoms with Gasteiger partial charge in [0.05, 0.1) is 5.56 Å². The Kier molecular flexibility index (Phi) is 7.52. The van der Waals surface area contributed by atoms with Gasteiger partial charge in [-0.15, -0.1) is 0 Å². The largest absolute Gasteiger partial charge is 0.416 e. The molecule has 10 heteroatoms. The zero-order valence-corrected chi connectivity index (χ0v) is 19.9. The van der Waals surface area contributed by atoms with Crippen molar-refractivity contribution in [3.8, 4) is 0 Å². The Morgan fingerprint density at radius 3 is 2.57 bits per heavy atom. The number of carbonyl (C=O) groups is 1. The predicted octanol–water partition coefficient (Wildman–Crippen LogP) is 5.75. The number of hydrogen-bond donors (Lipinski definition) is 4. The van der Waals surface area contributed by atoms with Crippen molar-refractivity contribution in [2.45, 2.75) is 17.6 Å². The van der Waals surface area contributed by atoms with Crippen molar-refractivity contribution in [1.29, 1.82) is 0 Å². The lowest BCUT2D eigenvalue weighted by atomic mass is 10.2. The lowest BCUT2D eigenvalue weighted by Crippen LogP contribution is -2.26. The Labute approximate surface area is 208 Å². The number of amides is 1. The van der Waals surface area contributed by atoms with E-state index in [9.17, 15) is 18.0 Å². The molecule has 1 aromatic heterocycles. The minimum atomic E-state index is -4.43. The topological polar surface area (TPSA) is 66.1 Å². The maximum atomic E-state index is 12.9. The third-order valence-corrected chi connectivity index (χ3v) is 7.07. The van der Waals surface area contributed by atoms with Gasteiger partial charge in [0.15, 0.2) is 5.11 Å². The Morgan fingerprint density at radius 1 is 1.00 bits per heavy atom. The van der Waals surface area contributed by atoms with E-state index in [0.29, 0.717) is 17.9 Å². The van der Waals surface area contributed by atoms with Crippen LogP contribution < -0.4 is 16.0 Å². The molecule has 1 aliphatic heterocycles. The van der Waals surface area contributed by atoms with E-state index in [-0.39, 0.29) is 16.7 Å². The van der Waals surface area contributed by atoms with Gasteiger partial charge in [0.25, 0.3) is 5.91 Å². The van der Waals surface area contributed by atoms with E-state index in [4.69, 9.17) is 12.2 Å². The number of benzene rings is 2. The third kappa shape index (κ3) is 6.71. The maximum Gasteiger partial charge on any atom is 0.416 e. The molecule has 2 aromatic carbocycles. The van der Waals surface area contributed by atoms with Crippen LogP contribution in [0.2, 0.25) is 0 Å². The van der Waals surface area contributed by atoms with Crippen LogP contribution in [-0.2, 0) is 12.7 Å². The second-order valence-electron chi connectivity index (χ2n) is 7.53. The molecule has 0 saturated carbocycles. The van der Waals surface area contributed by atoms with E-state index in [0.717, 1.165) is 22.6 Å². The standard InChI is InChI=1S/C25H21F3N4OS2/c26-25(27,28)18-7-4-8-19(13-18)31-24(34)32-20-10-12-35(16-20)21-9-11-29-22(14-21)23(33)30-15-17-5-2-1-3-6-17/h1-14,16,35H,15H2,(H,30,33)(H2,31,32,34). The molecule has 3 aromatic rings. The summed E-state index contributed by atoms with van der Waals surface area (Å²) in [7, 11) is -0.845. The molecule has 180 valence electrons. The van der Waals surface area contributed by atoms with Crippen LogP contribution in [-0.4, -0.2) is 16.0 Å². The summed E-state index contributed by atoms with van der Waals surface area (Å²) in [6.45, 7) is 0.407. The van der Waals surface area contributed by atoms with Crippen LogP contribution in [0.4, 0.5) is 18.9 Å². The first-order valence-corrected chi connectivity index (χ1v) is 12.4. The Bertz CT molecular complexity index is 1290. The number of nitrogens with one attached hydrogen (secondary N) is 3. The fourth-order valence-corrected chi connectivity index (χ4v) is 5.20. The summed E-state index contributed by atoms with van der Waals surface area (Å²) in [6, 6.07) is 18.0. The zero-order valence-electron chi connectivity index (χ0n) is 18.2. The van der Waals surface area contributed by atoms with Gasteiger partial charge in [-0.3, -0.25) is 9.78 Å². The molecule has 35 heavy (non-hydrogen) atoms. The van der Waals surface area contributed by atoms with Gasteiger partial charge in [-0.25, -0.2) is 0 Å². The quantitative estimate of drug-likeness (QED) is 0.249. The van der Waals surface area contributed by atoms with E-state index in [1.165, 1.54) is 12.1 Å². The van der Waals surface area contributed by atoms with Gasteiger partial charge in [-0.05, 0) is 69.9 Å². The van der Waals surface area contributed by atoms with Crippen LogP contribution in [0.3, 0.4) is 0 Å². The minimum Gasteiger partial charge on any atom is -0.347 e. The monoisotopic (exact) mass is 514 g/mol. The highest BCUT2D eigenvalue weighted by Gasteiger charge is 2.30. The van der Waals surface area contributed by atoms with Crippen LogP contribution in [0.15, 0.2) is 100 Å². The molecule has 1 aliphatic rings. The van der Waals surface area contributed by atoms with Gasteiger partial charge in [-0.1, -0.05) is 36.4 Å². The molecule has 0 radical (unpaired) electrons. The van der Waals surface area contributed by atoms with E-state index < -0.39 is 22.6 Å². The SMILES string of the molecule is O=C(NCc1ccccc1)c1cc([SH]2C=CC(NC(=S)Nc3cccc(C(F)(F)F)c3)=C2)ccn1. The van der Waals surface area contributed by atoms with E-state index >= 15 is 0 Å². The molecule has 1 amide bonds. The third-order valence-electron chi connectivity index (χ3n) is 4.97. The number of hydrogen-bond acceptors (Lipinski definition) is 3. The summed E-state index contributed by atoms with van der Waals surface area (Å²) >= 11 is 5.26. The Morgan fingerprint density at radius 2 is 1.80 bits per heavy atom. The predicted molar refractivity (Wildman–Crippen MR) is 137 cm³/mol. The Balaban J connectivity index is 1.36. The van der Waals surface area contributed by atoms with E-state index in [1.807, 2.05) is 53.3 Å². The first-order valence-electron chi connectivity index (χ1n) is 10.5. The molecule has 4 rings (SSSR count). The normalized spacial score (nSPS) is 15.9. The molecule has 0 aliphatic carbocycles. The van der Waals surface area contributed by atoms with Crippen molar-refractivity contribution < 1.29 is 18.0 Å². The van der Waals surface area contributed by atoms with Gasteiger partial charge in [0, 0.05) is 24.1 Å². The molecular formula is C25H21F3N4OS2. The molecule has 5 nitrogen and oxygen atoms in total. The van der Waals surface area contributed by atoms with Crippen molar-refractivity contribution in [1.82, 2.24) is 15.6 Å². The van der Waals surface area contributed by atoms with Gasteiger partial charge >= 0.3 is 6.18 Å². The van der Waals surface area contributed by atoms with Crippen LogP contribution in [0.1, 0.15) is 21.6 Å². The van der Waals surface area contributed by atoms with Gasteiger partial charge in [-0.2, -0.15) is 24.1 Å². The fraction of sp³-hybridized carbons (Fsp3) is 0.0800. The molecule has 2 heterocycles. The molecular weight excluding hydrogens is 493 g/mol. The molecule has 0 fully saturated rings. The molecule has 0 saturated heterocycles. The number of pyridine rings is 1. The summed E-state index contributed by atoms with van der Waals surface area (Å²) in [5, 5.41) is 12.8. The van der Waals surface area contributed by atoms with Crippen LogP contribution in [0, 0.1) is 0 Å². The number of thiocarbonyl (C=S) groups is 1. The molecule has 3 N–H and O–H groups in total. The summed E-state index contributed by atoms with van der Waals surface area (Å²) < 4.78 is 38.7. The van der Waals surface area contributed by atoms with Gasteiger partial charge in [0.2, 0.25) is 0 Å². The van der Waals surface area contributed by atoms with Crippen molar-refractivity contribution in [2.75, 3.05) is 5.32 Å². The average Bonchev–Trinajstić information content (AvgIpc) is 3.31. The van der Waals surface area contributed by atoms with Crippen LogP contribution >= 0.6 is 23.1 Å². The second-order valence-corrected chi connectivity index (χ2v) is 9.83. The van der Waals surface area contributed by atoms with Crippen molar-refractivity contribution in [3.05, 3.63) is 112 Å². The second kappa shape index (κ2) is 10.7. The highest BCUT2D eigenvalue weighted by Crippen LogP contribution is 2.43. The zero-order chi connectivity index (χ0) is 24.8. The van der Waals surface area contributed by atoms with E-state index in [1.54, 1.807) is 12.3 Å².